The standard InChI is InChI=1S/C23H31N3O5/c1-25-13-11-17-9-10-19(29-3)20(31-17)15-30-22-16(14-24)6-4-7-18(22)23(28)26(2)12-5-8-21(25)27/h4,6-7,17,19-20H,5,8-13,15H2,1-3H3/t17-,19+,20+/m0/s1. The smallest absolute Gasteiger partial charge is 0.257 e. The first kappa shape index (κ1) is 23.0. The van der Waals surface area contributed by atoms with Crippen molar-refractivity contribution in [1.82, 2.24) is 9.80 Å². The van der Waals surface area contributed by atoms with E-state index in [0.29, 0.717) is 37.1 Å². The first-order chi connectivity index (χ1) is 14.9. The SMILES string of the molecule is CO[C@@H]1CC[C@H]2CCN(C)C(=O)CCCN(C)C(=O)c3cccc(C#N)c3OC[C@H]1O2. The normalized spacial score (nSPS) is 26.1. The molecule has 2 bridgehead atoms. The molecule has 0 aliphatic carbocycles. The van der Waals surface area contributed by atoms with Crippen molar-refractivity contribution in [2.75, 3.05) is 40.9 Å². The quantitative estimate of drug-likeness (QED) is 0.680. The van der Waals surface area contributed by atoms with E-state index in [1.807, 2.05) is 0 Å². The average Bonchev–Trinajstić information content (AvgIpc) is 2.79. The molecule has 1 aromatic carbocycles. The Kier molecular flexibility index (Phi) is 7.88. The van der Waals surface area contributed by atoms with Gasteiger partial charge in [-0.05, 0) is 37.8 Å². The Labute approximate surface area is 183 Å². The summed E-state index contributed by atoms with van der Waals surface area (Å²) in [5, 5.41) is 9.56. The predicted octanol–water partition coefficient (Wildman–Crippen LogP) is 2.21. The fraction of sp³-hybridized carbons (Fsp3) is 0.609. The molecule has 2 aliphatic rings. The molecule has 1 aromatic rings. The number of carbonyl (C=O) groups is 2. The number of methoxy groups -OCH3 is 1. The van der Waals surface area contributed by atoms with Crippen LogP contribution in [0.1, 0.15) is 48.0 Å². The fourth-order valence-electron chi connectivity index (χ4n) is 4.11. The summed E-state index contributed by atoms with van der Waals surface area (Å²) in [7, 11) is 5.15. The number of fused-ring (bicyclic) bond motifs is 3. The molecule has 0 aromatic heterocycles. The van der Waals surface area contributed by atoms with E-state index >= 15 is 0 Å². The molecule has 31 heavy (non-hydrogen) atoms. The second-order valence-electron chi connectivity index (χ2n) is 8.19. The molecule has 0 radical (unpaired) electrons. The van der Waals surface area contributed by atoms with Crippen LogP contribution in [-0.4, -0.2) is 80.8 Å². The third-order valence-electron chi connectivity index (χ3n) is 6.06. The number of amides is 2. The number of ether oxygens (including phenoxy) is 3. The number of hydrogen-bond acceptors (Lipinski definition) is 6. The zero-order valence-corrected chi connectivity index (χ0v) is 18.5. The minimum Gasteiger partial charge on any atom is -0.489 e. The molecule has 1 saturated heterocycles. The van der Waals surface area contributed by atoms with Gasteiger partial charge in [0.2, 0.25) is 5.91 Å². The van der Waals surface area contributed by atoms with Crippen LogP contribution in [0.15, 0.2) is 18.2 Å². The van der Waals surface area contributed by atoms with Crippen LogP contribution < -0.4 is 4.74 Å². The topological polar surface area (TPSA) is 92.1 Å². The van der Waals surface area contributed by atoms with Gasteiger partial charge >= 0.3 is 0 Å². The van der Waals surface area contributed by atoms with E-state index in [9.17, 15) is 14.9 Å². The molecular weight excluding hydrogens is 398 g/mol. The summed E-state index contributed by atoms with van der Waals surface area (Å²) < 4.78 is 17.9. The van der Waals surface area contributed by atoms with E-state index < -0.39 is 0 Å². The molecule has 2 aliphatic heterocycles. The van der Waals surface area contributed by atoms with E-state index in [2.05, 4.69) is 6.07 Å². The maximum atomic E-state index is 13.1. The summed E-state index contributed by atoms with van der Waals surface area (Å²) in [4.78, 5) is 28.8. The van der Waals surface area contributed by atoms with Gasteiger partial charge in [-0.3, -0.25) is 9.59 Å². The van der Waals surface area contributed by atoms with Gasteiger partial charge in [-0.25, -0.2) is 0 Å². The zero-order chi connectivity index (χ0) is 22.4. The van der Waals surface area contributed by atoms with Gasteiger partial charge in [-0.1, -0.05) is 6.07 Å². The Morgan fingerprint density at radius 2 is 1.94 bits per heavy atom. The van der Waals surface area contributed by atoms with Gasteiger partial charge in [0.1, 0.15) is 24.5 Å². The maximum Gasteiger partial charge on any atom is 0.257 e. The highest BCUT2D eigenvalue weighted by Gasteiger charge is 2.33. The van der Waals surface area contributed by atoms with Crippen LogP contribution in [-0.2, 0) is 14.3 Å². The van der Waals surface area contributed by atoms with Crippen LogP contribution >= 0.6 is 0 Å². The summed E-state index contributed by atoms with van der Waals surface area (Å²) in [6.07, 6.45) is 2.89. The van der Waals surface area contributed by atoms with Crippen molar-refractivity contribution in [3.05, 3.63) is 29.3 Å². The molecule has 8 nitrogen and oxygen atoms in total. The summed E-state index contributed by atoms with van der Waals surface area (Å²) in [5.74, 6) is 0.0848. The third-order valence-corrected chi connectivity index (χ3v) is 6.06. The molecule has 2 heterocycles. The molecule has 0 spiro atoms. The van der Waals surface area contributed by atoms with Crippen molar-refractivity contribution in [2.24, 2.45) is 0 Å². The molecule has 3 atom stereocenters. The zero-order valence-electron chi connectivity index (χ0n) is 18.5. The highest BCUT2D eigenvalue weighted by Crippen LogP contribution is 2.29. The minimum absolute atomic E-state index is 0.00148. The molecular formula is C23H31N3O5. The van der Waals surface area contributed by atoms with Crippen molar-refractivity contribution in [2.45, 2.75) is 50.4 Å². The second kappa shape index (κ2) is 10.6. The Morgan fingerprint density at radius 1 is 1.13 bits per heavy atom. The van der Waals surface area contributed by atoms with Crippen molar-refractivity contribution >= 4 is 11.8 Å². The Morgan fingerprint density at radius 3 is 2.68 bits per heavy atom. The maximum absolute atomic E-state index is 13.1. The lowest BCUT2D eigenvalue weighted by Gasteiger charge is -2.36. The Bertz CT molecular complexity index is 837. The molecule has 0 saturated carbocycles. The number of carbonyl (C=O) groups excluding carboxylic acids is 2. The van der Waals surface area contributed by atoms with Gasteiger partial charge in [0.15, 0.2) is 0 Å². The van der Waals surface area contributed by atoms with Crippen molar-refractivity contribution in [3.8, 4) is 11.8 Å². The van der Waals surface area contributed by atoms with Crippen LogP contribution in [0.4, 0.5) is 0 Å². The van der Waals surface area contributed by atoms with Crippen LogP contribution in [0.3, 0.4) is 0 Å². The molecule has 3 rings (SSSR count). The van der Waals surface area contributed by atoms with Crippen LogP contribution in [0.5, 0.6) is 5.75 Å². The predicted molar refractivity (Wildman–Crippen MR) is 114 cm³/mol. The summed E-state index contributed by atoms with van der Waals surface area (Å²) in [5.41, 5.74) is 0.636. The molecule has 1 fully saturated rings. The lowest BCUT2D eigenvalue weighted by molar-refractivity contribution is -0.145. The van der Waals surface area contributed by atoms with Gasteiger partial charge in [-0.2, -0.15) is 5.26 Å². The summed E-state index contributed by atoms with van der Waals surface area (Å²) in [6.45, 7) is 1.23. The van der Waals surface area contributed by atoms with E-state index in [1.165, 1.54) is 0 Å². The molecule has 0 N–H and O–H groups in total. The summed E-state index contributed by atoms with van der Waals surface area (Å²) in [6, 6.07) is 7.09. The fourth-order valence-corrected chi connectivity index (χ4v) is 4.11. The number of nitriles is 1. The van der Waals surface area contributed by atoms with Crippen LogP contribution in [0, 0.1) is 11.3 Å². The Balaban J connectivity index is 1.90. The van der Waals surface area contributed by atoms with E-state index in [1.54, 1.807) is 49.2 Å². The first-order valence-corrected chi connectivity index (χ1v) is 10.8. The Hall–Kier alpha value is -2.63. The van der Waals surface area contributed by atoms with Crippen LogP contribution in [0.25, 0.3) is 0 Å². The van der Waals surface area contributed by atoms with Gasteiger partial charge in [0.05, 0.1) is 23.3 Å². The molecule has 2 amide bonds. The third kappa shape index (κ3) is 5.54. The lowest BCUT2D eigenvalue weighted by Crippen LogP contribution is -2.44. The van der Waals surface area contributed by atoms with E-state index in [0.717, 1.165) is 19.3 Å². The monoisotopic (exact) mass is 429 g/mol. The van der Waals surface area contributed by atoms with Crippen molar-refractivity contribution in [3.63, 3.8) is 0 Å². The van der Waals surface area contributed by atoms with Crippen molar-refractivity contribution in [1.29, 1.82) is 5.26 Å². The number of rotatable bonds is 1. The molecule has 168 valence electrons. The lowest BCUT2D eigenvalue weighted by atomic mass is 9.99. The van der Waals surface area contributed by atoms with Gasteiger partial charge in [0, 0.05) is 40.7 Å². The minimum atomic E-state index is -0.329. The first-order valence-electron chi connectivity index (χ1n) is 10.8. The van der Waals surface area contributed by atoms with Crippen LogP contribution in [0.2, 0.25) is 0 Å². The average molecular weight is 430 g/mol. The molecule has 8 heteroatoms. The van der Waals surface area contributed by atoms with Gasteiger partial charge in [-0.15, -0.1) is 0 Å². The highest BCUT2D eigenvalue weighted by molar-refractivity contribution is 5.97. The highest BCUT2D eigenvalue weighted by atomic mass is 16.6. The van der Waals surface area contributed by atoms with E-state index in [4.69, 9.17) is 14.2 Å². The number of benzene rings is 1. The summed E-state index contributed by atoms with van der Waals surface area (Å²) >= 11 is 0. The van der Waals surface area contributed by atoms with E-state index in [-0.39, 0.29) is 42.5 Å². The number of nitrogens with zero attached hydrogens (tertiary/aromatic N) is 3. The number of hydrogen-bond donors (Lipinski definition) is 0. The van der Waals surface area contributed by atoms with Gasteiger partial charge < -0.3 is 24.0 Å². The molecule has 0 unspecified atom stereocenters. The largest absolute Gasteiger partial charge is 0.489 e. The number of para-hydroxylation sites is 1. The van der Waals surface area contributed by atoms with Crippen molar-refractivity contribution < 1.29 is 23.8 Å². The van der Waals surface area contributed by atoms with Gasteiger partial charge in [0.25, 0.3) is 5.91 Å². The second-order valence-corrected chi connectivity index (χ2v) is 8.19.